The van der Waals surface area contributed by atoms with Gasteiger partial charge in [-0.3, -0.25) is 4.98 Å². The molecule has 0 aliphatic heterocycles. The Morgan fingerprint density at radius 3 is 3.00 bits per heavy atom. The fourth-order valence-electron chi connectivity index (χ4n) is 1.46. The second-order valence-electron chi connectivity index (χ2n) is 3.99. The predicted molar refractivity (Wildman–Crippen MR) is 68.2 cm³/mol. The number of pyridine rings is 1. The molecule has 0 bridgehead atoms. The van der Waals surface area contributed by atoms with E-state index in [-0.39, 0.29) is 6.04 Å². The maximum Gasteiger partial charge on any atom is 0.315 e. The van der Waals surface area contributed by atoms with Gasteiger partial charge in [-0.25, -0.2) is 0 Å². The molecule has 2 aromatic heterocycles. The smallest absolute Gasteiger partial charge is 0.315 e. The number of hydrogen-bond donors (Lipinski definition) is 2. The van der Waals surface area contributed by atoms with Crippen molar-refractivity contribution in [2.75, 3.05) is 18.9 Å². The van der Waals surface area contributed by atoms with E-state index in [1.165, 1.54) is 5.56 Å². The van der Waals surface area contributed by atoms with Gasteiger partial charge in [0.1, 0.15) is 0 Å². The lowest BCUT2D eigenvalue weighted by Crippen LogP contribution is -2.12. The third kappa shape index (κ3) is 3.27. The van der Waals surface area contributed by atoms with Crippen LogP contribution in [0.4, 0.5) is 6.01 Å². The minimum atomic E-state index is 0.0615. The van der Waals surface area contributed by atoms with Gasteiger partial charge in [-0.1, -0.05) is 11.2 Å². The van der Waals surface area contributed by atoms with Gasteiger partial charge in [0.2, 0.25) is 5.89 Å². The van der Waals surface area contributed by atoms with Gasteiger partial charge < -0.3 is 15.1 Å². The third-order valence-corrected chi connectivity index (χ3v) is 2.66. The summed E-state index contributed by atoms with van der Waals surface area (Å²) in [5.41, 5.74) is 1.17. The molecule has 0 fully saturated rings. The SMILES string of the molecule is CNC(C)c1nnc(NCCc2cccnc2)o1. The molecule has 6 heteroatoms. The lowest BCUT2D eigenvalue weighted by Gasteiger charge is -2.03. The zero-order valence-electron chi connectivity index (χ0n) is 10.6. The zero-order chi connectivity index (χ0) is 12.8. The molecule has 0 aliphatic carbocycles. The molecule has 0 spiro atoms. The van der Waals surface area contributed by atoms with Gasteiger partial charge in [-0.05, 0) is 32.0 Å². The number of nitrogens with zero attached hydrogens (tertiary/aromatic N) is 3. The van der Waals surface area contributed by atoms with E-state index in [1.807, 2.05) is 32.3 Å². The quantitative estimate of drug-likeness (QED) is 0.803. The van der Waals surface area contributed by atoms with Crippen LogP contribution in [0.5, 0.6) is 0 Å². The summed E-state index contributed by atoms with van der Waals surface area (Å²) in [6.45, 7) is 2.70. The lowest BCUT2D eigenvalue weighted by atomic mass is 10.2. The molecule has 0 amide bonds. The van der Waals surface area contributed by atoms with Crippen molar-refractivity contribution in [2.24, 2.45) is 0 Å². The van der Waals surface area contributed by atoms with Crippen molar-refractivity contribution >= 4 is 6.01 Å². The molecular weight excluding hydrogens is 230 g/mol. The van der Waals surface area contributed by atoms with Crippen LogP contribution < -0.4 is 10.6 Å². The van der Waals surface area contributed by atoms with Crippen LogP contribution >= 0.6 is 0 Å². The van der Waals surface area contributed by atoms with E-state index < -0.39 is 0 Å². The molecule has 0 radical (unpaired) electrons. The second kappa shape index (κ2) is 6.11. The first-order valence-electron chi connectivity index (χ1n) is 5.93. The first-order valence-corrected chi connectivity index (χ1v) is 5.93. The minimum Gasteiger partial charge on any atom is -0.406 e. The van der Waals surface area contributed by atoms with Gasteiger partial charge in [0.25, 0.3) is 0 Å². The average molecular weight is 247 g/mol. The highest BCUT2D eigenvalue weighted by Gasteiger charge is 2.11. The summed E-state index contributed by atoms with van der Waals surface area (Å²) in [5, 5.41) is 14.0. The molecule has 2 N–H and O–H groups in total. The van der Waals surface area contributed by atoms with Gasteiger partial charge in [-0.2, -0.15) is 0 Å². The number of nitrogens with one attached hydrogen (secondary N) is 2. The van der Waals surface area contributed by atoms with Crippen LogP contribution in [0.3, 0.4) is 0 Å². The minimum absolute atomic E-state index is 0.0615. The molecule has 1 unspecified atom stereocenters. The van der Waals surface area contributed by atoms with E-state index in [2.05, 4.69) is 25.8 Å². The van der Waals surface area contributed by atoms with Gasteiger partial charge in [-0.15, -0.1) is 5.10 Å². The third-order valence-electron chi connectivity index (χ3n) is 2.66. The number of aromatic nitrogens is 3. The Labute approximate surface area is 106 Å². The highest BCUT2D eigenvalue weighted by molar-refractivity contribution is 5.19. The Hall–Kier alpha value is -1.95. The van der Waals surface area contributed by atoms with Gasteiger partial charge in [0.15, 0.2) is 0 Å². The lowest BCUT2D eigenvalue weighted by molar-refractivity contribution is 0.441. The number of anilines is 1. The molecule has 18 heavy (non-hydrogen) atoms. The van der Waals surface area contributed by atoms with Crippen LogP contribution in [0.1, 0.15) is 24.4 Å². The van der Waals surface area contributed by atoms with Crippen molar-refractivity contribution < 1.29 is 4.42 Å². The molecule has 2 heterocycles. The first-order chi connectivity index (χ1) is 8.79. The van der Waals surface area contributed by atoms with Crippen molar-refractivity contribution in [3.63, 3.8) is 0 Å². The largest absolute Gasteiger partial charge is 0.406 e. The molecule has 2 rings (SSSR count). The summed E-state index contributed by atoms with van der Waals surface area (Å²) in [6.07, 6.45) is 4.48. The van der Waals surface area contributed by atoms with E-state index in [9.17, 15) is 0 Å². The van der Waals surface area contributed by atoms with Crippen molar-refractivity contribution in [2.45, 2.75) is 19.4 Å². The molecule has 1 atom stereocenters. The maximum atomic E-state index is 5.46. The van der Waals surface area contributed by atoms with E-state index in [1.54, 1.807) is 6.20 Å². The Morgan fingerprint density at radius 1 is 1.39 bits per heavy atom. The Balaban J connectivity index is 1.82. The van der Waals surface area contributed by atoms with Crippen LogP contribution in [0, 0.1) is 0 Å². The fourth-order valence-corrected chi connectivity index (χ4v) is 1.46. The summed E-state index contributed by atoms with van der Waals surface area (Å²) in [4.78, 5) is 4.06. The van der Waals surface area contributed by atoms with Crippen molar-refractivity contribution in [1.29, 1.82) is 0 Å². The van der Waals surface area contributed by atoms with Gasteiger partial charge in [0, 0.05) is 18.9 Å². The monoisotopic (exact) mass is 247 g/mol. The standard InChI is InChI=1S/C12H17N5O/c1-9(13-2)11-16-17-12(18-11)15-7-5-10-4-3-6-14-8-10/h3-4,6,8-9,13H,5,7H2,1-2H3,(H,15,17). The zero-order valence-corrected chi connectivity index (χ0v) is 10.6. The van der Waals surface area contributed by atoms with Crippen LogP contribution in [0.2, 0.25) is 0 Å². The summed E-state index contributed by atoms with van der Waals surface area (Å²) < 4.78 is 5.46. The van der Waals surface area contributed by atoms with Gasteiger partial charge >= 0.3 is 6.01 Å². The first kappa shape index (κ1) is 12.5. The van der Waals surface area contributed by atoms with E-state index in [0.29, 0.717) is 11.9 Å². The molecule has 0 saturated heterocycles. The highest BCUT2D eigenvalue weighted by Crippen LogP contribution is 2.12. The van der Waals surface area contributed by atoms with E-state index in [0.717, 1.165) is 13.0 Å². The van der Waals surface area contributed by atoms with E-state index in [4.69, 9.17) is 4.42 Å². The summed E-state index contributed by atoms with van der Waals surface area (Å²) in [6, 6.07) is 4.48. The van der Waals surface area contributed by atoms with Crippen LogP contribution in [0.15, 0.2) is 28.9 Å². The Morgan fingerprint density at radius 2 is 2.28 bits per heavy atom. The number of rotatable bonds is 6. The molecule has 6 nitrogen and oxygen atoms in total. The van der Waals surface area contributed by atoms with Crippen LogP contribution in [0.25, 0.3) is 0 Å². The molecule has 96 valence electrons. The molecule has 0 aromatic carbocycles. The fraction of sp³-hybridized carbons (Fsp3) is 0.417. The van der Waals surface area contributed by atoms with Crippen LogP contribution in [-0.4, -0.2) is 28.8 Å². The summed E-state index contributed by atoms with van der Waals surface area (Å²) in [5.74, 6) is 0.585. The molecule has 0 aliphatic rings. The molecule has 0 saturated carbocycles. The topological polar surface area (TPSA) is 75.9 Å². The van der Waals surface area contributed by atoms with Crippen molar-refractivity contribution in [3.05, 3.63) is 36.0 Å². The van der Waals surface area contributed by atoms with Gasteiger partial charge in [0.05, 0.1) is 6.04 Å². The van der Waals surface area contributed by atoms with Crippen LogP contribution in [-0.2, 0) is 6.42 Å². The van der Waals surface area contributed by atoms with Crippen molar-refractivity contribution in [1.82, 2.24) is 20.5 Å². The predicted octanol–water partition coefficient (Wildman–Crippen LogP) is 1.40. The maximum absolute atomic E-state index is 5.46. The Kier molecular flexibility index (Phi) is 4.25. The molecular formula is C12H17N5O. The summed E-state index contributed by atoms with van der Waals surface area (Å²) in [7, 11) is 1.85. The molecule has 2 aromatic rings. The number of hydrogen-bond acceptors (Lipinski definition) is 6. The van der Waals surface area contributed by atoms with E-state index >= 15 is 0 Å². The highest BCUT2D eigenvalue weighted by atomic mass is 16.4. The van der Waals surface area contributed by atoms with Crippen molar-refractivity contribution in [3.8, 4) is 0 Å². The second-order valence-corrected chi connectivity index (χ2v) is 3.99. The normalized spacial score (nSPS) is 12.3. The average Bonchev–Trinajstić information content (AvgIpc) is 2.88. The summed E-state index contributed by atoms with van der Waals surface area (Å²) >= 11 is 0. The Bertz CT molecular complexity index is 470.